The van der Waals surface area contributed by atoms with Gasteiger partial charge in [0.2, 0.25) is 0 Å². The Morgan fingerprint density at radius 3 is 1.24 bits per heavy atom. The van der Waals surface area contributed by atoms with Gasteiger partial charge in [-0.3, -0.25) is 9.59 Å². The highest BCUT2D eigenvalue weighted by molar-refractivity contribution is 6.00. The van der Waals surface area contributed by atoms with Crippen LogP contribution >= 0.6 is 0 Å². The number of aromatic hydroxyl groups is 1. The number of hydrogen-bond acceptors (Lipinski definition) is 12. The van der Waals surface area contributed by atoms with Crippen LogP contribution in [0.4, 0.5) is 0 Å². The van der Waals surface area contributed by atoms with Crippen LogP contribution in [0, 0.1) is 0 Å². The molecule has 2 N–H and O–H groups in total. The van der Waals surface area contributed by atoms with Gasteiger partial charge in [0, 0.05) is 61.5 Å². The molecule has 0 atom stereocenters. The minimum absolute atomic E-state index is 0. The van der Waals surface area contributed by atoms with Gasteiger partial charge in [-0.25, -0.2) is 0 Å². The number of rotatable bonds is 22. The molecule has 1 aliphatic heterocycles. The zero-order chi connectivity index (χ0) is 58.6. The SMILES string of the molecule is C.C1CCOC1.CN(C)CCCO.COc1cccc(-c2cc(C(=O)Cc3ccc(-c4ccc(O)cc4)cc3)ccc2OC)c1.COc1cccc(-c2cc(C(=O)Cc3ccc(-c4ccc(OCCCN(C)C)cc4)cc3)ccc2OC)c1. The molecule has 0 radical (unpaired) electrons. The van der Waals surface area contributed by atoms with Gasteiger partial charge >= 0.3 is 0 Å². The lowest BCUT2D eigenvalue weighted by atomic mass is 9.96. The lowest BCUT2D eigenvalue weighted by molar-refractivity contribution is 0.0984. The first-order valence-electron chi connectivity index (χ1n) is 27.7. The highest BCUT2D eigenvalue weighted by Crippen LogP contribution is 2.35. The fraction of sp³-hybridized carbons (Fsp3) is 0.296. The molecule has 9 rings (SSSR count). The van der Waals surface area contributed by atoms with Crippen LogP contribution in [0.25, 0.3) is 44.5 Å². The Kier molecular flexibility index (Phi) is 27.6. The maximum atomic E-state index is 13.2. The highest BCUT2D eigenvalue weighted by Gasteiger charge is 2.16. The molecule has 83 heavy (non-hydrogen) atoms. The lowest BCUT2D eigenvalue weighted by Gasteiger charge is -2.12. The summed E-state index contributed by atoms with van der Waals surface area (Å²) in [6.07, 6.45) is 5.06. The highest BCUT2D eigenvalue weighted by atomic mass is 16.5. The van der Waals surface area contributed by atoms with Crippen LogP contribution in [0.15, 0.2) is 182 Å². The number of aliphatic hydroxyl groups excluding tert-OH is 1. The predicted octanol–water partition coefficient (Wildman–Crippen LogP) is 14.3. The molecule has 0 amide bonds. The van der Waals surface area contributed by atoms with E-state index in [0.29, 0.717) is 48.7 Å². The third-order valence-corrected chi connectivity index (χ3v) is 13.4. The summed E-state index contributed by atoms with van der Waals surface area (Å²) in [6.45, 7) is 5.00. The average molecular weight is 1130 g/mol. The normalized spacial score (nSPS) is 11.4. The number of nitrogens with zero attached hydrogens (tertiary/aromatic N) is 2. The molecule has 1 heterocycles. The number of methoxy groups -OCH3 is 4. The molecule has 0 spiro atoms. The summed E-state index contributed by atoms with van der Waals surface area (Å²) in [7, 11) is 14.6. The summed E-state index contributed by atoms with van der Waals surface area (Å²) in [5.74, 6) is 4.12. The minimum atomic E-state index is 0. The molecule has 1 saturated heterocycles. The third-order valence-electron chi connectivity index (χ3n) is 13.4. The van der Waals surface area contributed by atoms with E-state index in [-0.39, 0.29) is 24.7 Å². The summed E-state index contributed by atoms with van der Waals surface area (Å²) in [4.78, 5) is 30.4. The van der Waals surface area contributed by atoms with Gasteiger partial charge in [0.25, 0.3) is 0 Å². The van der Waals surface area contributed by atoms with E-state index in [1.165, 1.54) is 12.8 Å². The first kappa shape index (κ1) is 65.5. The predicted molar refractivity (Wildman–Crippen MR) is 337 cm³/mol. The number of carbonyl (C=O) groups excluding carboxylic acids is 2. The Bertz CT molecular complexity index is 3180. The van der Waals surface area contributed by atoms with Crippen molar-refractivity contribution < 1.29 is 48.2 Å². The topological polar surface area (TPSA) is 136 Å². The largest absolute Gasteiger partial charge is 0.508 e. The number of benzene rings is 8. The Labute approximate surface area is 492 Å². The molecule has 0 bridgehead atoms. The maximum absolute atomic E-state index is 13.2. The molecule has 0 aliphatic carbocycles. The fourth-order valence-corrected chi connectivity index (χ4v) is 8.87. The van der Waals surface area contributed by atoms with Crippen molar-refractivity contribution in [3.63, 3.8) is 0 Å². The molecular weight excluding hydrogens is 1040 g/mol. The van der Waals surface area contributed by atoms with Gasteiger partial charge in [-0.05, 0) is 190 Å². The van der Waals surface area contributed by atoms with Crippen molar-refractivity contribution in [3.05, 3.63) is 204 Å². The van der Waals surface area contributed by atoms with Crippen molar-refractivity contribution in [3.8, 4) is 79.0 Å². The fourth-order valence-electron chi connectivity index (χ4n) is 8.87. The van der Waals surface area contributed by atoms with Crippen LogP contribution in [0.5, 0.6) is 34.5 Å². The molecule has 0 aromatic heterocycles. The van der Waals surface area contributed by atoms with E-state index >= 15 is 0 Å². The van der Waals surface area contributed by atoms with E-state index in [1.807, 2.05) is 154 Å². The van der Waals surface area contributed by atoms with Gasteiger partial charge in [-0.15, -0.1) is 0 Å². The molecule has 438 valence electrons. The van der Waals surface area contributed by atoms with Crippen LogP contribution in [0.2, 0.25) is 0 Å². The van der Waals surface area contributed by atoms with Gasteiger partial charge in [0.15, 0.2) is 11.6 Å². The molecule has 0 unspecified atom stereocenters. The Morgan fingerprint density at radius 2 is 0.880 bits per heavy atom. The minimum Gasteiger partial charge on any atom is -0.508 e. The van der Waals surface area contributed by atoms with Gasteiger partial charge in [0.1, 0.15) is 34.5 Å². The molecule has 0 saturated carbocycles. The smallest absolute Gasteiger partial charge is 0.167 e. The summed E-state index contributed by atoms with van der Waals surface area (Å²) in [5, 5.41) is 17.7. The van der Waals surface area contributed by atoms with Crippen molar-refractivity contribution >= 4 is 11.6 Å². The molecular formula is C71H84N2O10. The number of phenols is 1. The Balaban J connectivity index is 0.000000252. The molecule has 12 heteroatoms. The third kappa shape index (κ3) is 21.2. The van der Waals surface area contributed by atoms with E-state index in [1.54, 1.807) is 46.6 Å². The van der Waals surface area contributed by atoms with Crippen molar-refractivity contribution in [2.24, 2.45) is 0 Å². The Morgan fingerprint density at radius 1 is 0.470 bits per heavy atom. The second kappa shape index (κ2) is 34.9. The number of ketones is 2. The number of aliphatic hydroxyl groups is 1. The van der Waals surface area contributed by atoms with Crippen molar-refractivity contribution in [1.29, 1.82) is 0 Å². The standard InChI is InChI=1S/C33H35NO4.C28H24O4.C5H13NO.C4H8O.CH4/c1-34(2)19-6-20-38-29-16-13-26(14-17-29)25-11-9-24(10-12-25)21-32(35)28-15-18-33(37-4)31(23-28)27-7-5-8-30(22-27)36-3;1-31-25-5-3-4-22(17-25)26-18-23(12-15-28(26)32-2)27(30)16-19-6-8-20(9-7-19)21-10-13-24(29)14-11-21;1-6(2)4-3-5-7;1-2-4-5-3-1;/h5,7-18,22-23H,6,19-21H2,1-4H3;3-15,17-18,29H,16H2,1-2H3;7H,3-5H2,1-2H3;1-4H2;1H4. The summed E-state index contributed by atoms with van der Waals surface area (Å²) in [5.41, 5.74) is 11.0. The Hall–Kier alpha value is -8.26. The van der Waals surface area contributed by atoms with E-state index in [0.717, 1.165) is 112 Å². The van der Waals surface area contributed by atoms with Crippen LogP contribution < -0.4 is 23.7 Å². The van der Waals surface area contributed by atoms with E-state index in [4.69, 9.17) is 33.5 Å². The summed E-state index contributed by atoms with van der Waals surface area (Å²) in [6, 6.07) is 57.8. The van der Waals surface area contributed by atoms with Crippen molar-refractivity contribution in [2.75, 3.05) is 96.1 Å². The summed E-state index contributed by atoms with van der Waals surface area (Å²) < 4.78 is 32.6. The molecule has 12 nitrogen and oxygen atoms in total. The first-order valence-corrected chi connectivity index (χ1v) is 27.7. The molecule has 8 aromatic carbocycles. The molecule has 1 aliphatic rings. The maximum Gasteiger partial charge on any atom is 0.167 e. The monoisotopic (exact) mass is 1120 g/mol. The quantitative estimate of drug-likeness (QED) is 0.0494. The van der Waals surface area contributed by atoms with Crippen LogP contribution in [0.1, 0.15) is 65.0 Å². The van der Waals surface area contributed by atoms with Gasteiger partial charge < -0.3 is 48.4 Å². The molecule has 8 aromatic rings. The number of carbonyl (C=O) groups is 2. The average Bonchev–Trinajstić information content (AvgIpc) is 4.14. The van der Waals surface area contributed by atoms with Gasteiger partial charge in [0.05, 0.1) is 35.0 Å². The second-order valence-corrected chi connectivity index (χ2v) is 20.2. The molecule has 1 fully saturated rings. The van der Waals surface area contributed by atoms with E-state index in [2.05, 4.69) is 48.2 Å². The van der Waals surface area contributed by atoms with Gasteiger partial charge in [-0.1, -0.05) is 104 Å². The van der Waals surface area contributed by atoms with E-state index in [9.17, 15) is 14.7 Å². The zero-order valence-electron chi connectivity index (χ0n) is 48.9. The summed E-state index contributed by atoms with van der Waals surface area (Å²) >= 11 is 0. The van der Waals surface area contributed by atoms with Crippen LogP contribution in [-0.2, 0) is 17.6 Å². The number of ether oxygens (including phenoxy) is 6. The van der Waals surface area contributed by atoms with E-state index < -0.39 is 0 Å². The van der Waals surface area contributed by atoms with Crippen molar-refractivity contribution in [2.45, 2.75) is 46.0 Å². The van der Waals surface area contributed by atoms with Crippen LogP contribution in [0.3, 0.4) is 0 Å². The first-order chi connectivity index (χ1) is 39.8. The zero-order valence-corrected chi connectivity index (χ0v) is 48.9. The van der Waals surface area contributed by atoms with Gasteiger partial charge in [-0.2, -0.15) is 0 Å². The second-order valence-electron chi connectivity index (χ2n) is 20.2. The number of hydrogen-bond donors (Lipinski definition) is 2. The number of phenolic OH excluding ortho intramolecular Hbond substituents is 1. The lowest BCUT2D eigenvalue weighted by Crippen LogP contribution is -2.15. The van der Waals surface area contributed by atoms with Crippen LogP contribution in [-0.4, -0.2) is 128 Å². The number of Topliss-reactive ketones (excluding diaryl/α,β-unsaturated/α-hetero) is 2. The van der Waals surface area contributed by atoms with Crippen molar-refractivity contribution in [1.82, 2.24) is 9.80 Å².